The van der Waals surface area contributed by atoms with Gasteiger partial charge in [0.1, 0.15) is 5.92 Å². The Labute approximate surface area is 204 Å². The van der Waals surface area contributed by atoms with E-state index in [1.807, 2.05) is 42.5 Å². The molecule has 174 valence electrons. The van der Waals surface area contributed by atoms with Gasteiger partial charge in [-0.05, 0) is 67.9 Å². The number of carbonyl (C=O) groups is 2. The monoisotopic (exact) mass is 475 g/mol. The Bertz CT molecular complexity index is 1180. The highest BCUT2D eigenvalue weighted by molar-refractivity contribution is 6.31. The van der Waals surface area contributed by atoms with Crippen molar-refractivity contribution in [1.82, 2.24) is 0 Å². The molecule has 0 aliphatic carbocycles. The molecule has 0 spiro atoms. The van der Waals surface area contributed by atoms with Crippen molar-refractivity contribution in [1.29, 1.82) is 0 Å². The third-order valence-electron chi connectivity index (χ3n) is 6.57. The van der Waals surface area contributed by atoms with Gasteiger partial charge in [-0.3, -0.25) is 14.4 Å². The van der Waals surface area contributed by atoms with Crippen molar-refractivity contribution in [2.75, 3.05) is 28.0 Å². The molecular weight excluding hydrogens is 450 g/mol. The van der Waals surface area contributed by atoms with Crippen molar-refractivity contribution in [3.63, 3.8) is 0 Å². The number of hydrogen-bond acceptors (Lipinski definition) is 5. The Morgan fingerprint density at radius 3 is 2.09 bits per heavy atom. The van der Waals surface area contributed by atoms with Gasteiger partial charge < -0.3 is 4.90 Å². The number of para-hydroxylation sites is 1. The van der Waals surface area contributed by atoms with E-state index in [1.54, 1.807) is 29.3 Å². The first-order chi connectivity index (χ1) is 16.5. The zero-order chi connectivity index (χ0) is 23.8. The van der Waals surface area contributed by atoms with Crippen LogP contribution in [-0.2, 0) is 14.4 Å². The van der Waals surface area contributed by atoms with Crippen LogP contribution < -0.4 is 14.9 Å². The van der Waals surface area contributed by atoms with Gasteiger partial charge in [-0.2, -0.15) is 0 Å². The molecule has 2 saturated heterocycles. The summed E-state index contributed by atoms with van der Waals surface area (Å²) in [5.74, 6) is -1.29. The number of carbonyl (C=O) groups excluding carboxylic acids is 2. The third kappa shape index (κ3) is 3.73. The van der Waals surface area contributed by atoms with Crippen LogP contribution in [0.1, 0.15) is 25.5 Å². The van der Waals surface area contributed by atoms with Gasteiger partial charge in [0.25, 0.3) is 5.91 Å². The predicted molar refractivity (Wildman–Crippen MR) is 134 cm³/mol. The molecule has 0 N–H and O–H groups in total. The van der Waals surface area contributed by atoms with Crippen LogP contribution in [-0.4, -0.2) is 31.0 Å². The van der Waals surface area contributed by atoms with E-state index in [4.69, 9.17) is 16.4 Å². The first-order valence-electron chi connectivity index (χ1n) is 11.5. The molecule has 0 bridgehead atoms. The maximum Gasteiger partial charge on any atom is 0.266 e. The maximum absolute atomic E-state index is 13.7. The number of rotatable bonds is 6. The smallest absolute Gasteiger partial charge is 0.266 e. The van der Waals surface area contributed by atoms with E-state index in [9.17, 15) is 9.59 Å². The van der Waals surface area contributed by atoms with E-state index in [1.165, 1.54) is 4.90 Å². The van der Waals surface area contributed by atoms with E-state index in [2.05, 4.69) is 30.9 Å². The van der Waals surface area contributed by atoms with Crippen LogP contribution in [0.15, 0.2) is 78.9 Å². The van der Waals surface area contributed by atoms with Gasteiger partial charge in [-0.15, -0.1) is 0 Å². The van der Waals surface area contributed by atoms with Gasteiger partial charge in [0, 0.05) is 23.8 Å². The largest absolute Gasteiger partial charge is 0.372 e. The van der Waals surface area contributed by atoms with Crippen molar-refractivity contribution in [2.45, 2.75) is 26.0 Å². The fourth-order valence-corrected chi connectivity index (χ4v) is 4.99. The van der Waals surface area contributed by atoms with E-state index < -0.39 is 18.1 Å². The second kappa shape index (κ2) is 9.12. The molecular formula is C27H26ClN3O3. The van der Waals surface area contributed by atoms with Crippen molar-refractivity contribution in [3.8, 4) is 0 Å². The summed E-state index contributed by atoms with van der Waals surface area (Å²) in [6.45, 7) is 6.06. The van der Waals surface area contributed by atoms with Crippen molar-refractivity contribution >= 4 is 40.5 Å². The first kappa shape index (κ1) is 22.4. The number of imide groups is 1. The zero-order valence-electron chi connectivity index (χ0n) is 19.1. The number of benzene rings is 3. The predicted octanol–water partition coefficient (Wildman–Crippen LogP) is 5.24. The lowest BCUT2D eigenvalue weighted by atomic mass is 9.90. The third-order valence-corrected chi connectivity index (χ3v) is 6.83. The molecule has 3 aromatic rings. The minimum absolute atomic E-state index is 0.270. The number of fused-ring (bicyclic) bond motifs is 1. The summed E-state index contributed by atoms with van der Waals surface area (Å²) in [5, 5.41) is 2.26. The summed E-state index contributed by atoms with van der Waals surface area (Å²) in [6.07, 6.45) is -0.893. The Kier molecular flexibility index (Phi) is 6.02. The van der Waals surface area contributed by atoms with Crippen molar-refractivity contribution in [2.24, 2.45) is 5.92 Å². The minimum Gasteiger partial charge on any atom is -0.372 e. The molecule has 3 atom stereocenters. The Hall–Kier alpha value is -3.35. The number of nitrogens with zero attached hydrogens (tertiary/aromatic N) is 3. The van der Waals surface area contributed by atoms with Gasteiger partial charge in [0.05, 0.1) is 17.4 Å². The fraction of sp³-hybridized carbons (Fsp3) is 0.259. The number of hydroxylamine groups is 1. The lowest BCUT2D eigenvalue weighted by molar-refractivity contribution is -0.126. The van der Waals surface area contributed by atoms with Gasteiger partial charge in [-0.25, -0.2) is 9.96 Å². The summed E-state index contributed by atoms with van der Waals surface area (Å²) in [7, 11) is 0. The van der Waals surface area contributed by atoms with Gasteiger partial charge >= 0.3 is 0 Å². The second-order valence-corrected chi connectivity index (χ2v) is 8.85. The number of halogens is 1. The standard InChI is InChI=1S/C27H26ClN3O3/c1-3-29(4-2)20-14-10-18(11-15-20)24-23-25(34-31(24)22-8-6-5-7-9-22)27(33)30(26(23)32)21-16-12-19(28)13-17-21/h5-17,23-25H,3-4H2,1-2H3/t23-,24+,25+/m1/s1. The van der Waals surface area contributed by atoms with E-state index >= 15 is 0 Å². The van der Waals surface area contributed by atoms with Gasteiger partial charge in [-0.1, -0.05) is 41.9 Å². The minimum atomic E-state index is -0.893. The molecule has 7 heteroatoms. The van der Waals surface area contributed by atoms with Crippen LogP contribution in [0, 0.1) is 5.92 Å². The fourth-order valence-electron chi connectivity index (χ4n) is 4.87. The first-order valence-corrected chi connectivity index (χ1v) is 11.9. The van der Waals surface area contributed by atoms with Crippen molar-refractivity contribution in [3.05, 3.63) is 89.4 Å². The normalized spacial score (nSPS) is 21.8. The maximum atomic E-state index is 13.7. The van der Waals surface area contributed by atoms with E-state index in [-0.39, 0.29) is 11.8 Å². The highest BCUT2D eigenvalue weighted by Crippen LogP contribution is 2.47. The van der Waals surface area contributed by atoms with Crippen molar-refractivity contribution < 1.29 is 14.4 Å². The molecule has 5 rings (SSSR count). The molecule has 2 fully saturated rings. The van der Waals surface area contributed by atoms with Gasteiger partial charge in [0.15, 0.2) is 6.10 Å². The van der Waals surface area contributed by atoms with Crippen LogP contribution in [0.25, 0.3) is 0 Å². The molecule has 6 nitrogen and oxygen atoms in total. The van der Waals surface area contributed by atoms with E-state index in [0.29, 0.717) is 10.7 Å². The number of hydrogen-bond donors (Lipinski definition) is 0. The molecule has 3 aromatic carbocycles. The Morgan fingerprint density at radius 1 is 0.824 bits per heavy atom. The summed E-state index contributed by atoms with van der Waals surface area (Å²) >= 11 is 6.01. The van der Waals surface area contributed by atoms with Crippen LogP contribution in [0.5, 0.6) is 0 Å². The molecule has 2 aliphatic heterocycles. The molecule has 0 unspecified atom stereocenters. The SMILES string of the molecule is CCN(CC)c1ccc([C@H]2[C@H]3C(=O)N(c4ccc(Cl)cc4)C(=O)[C@H]3ON2c2ccccc2)cc1. The van der Waals surface area contributed by atoms with Crippen LogP contribution in [0.4, 0.5) is 17.1 Å². The molecule has 0 radical (unpaired) electrons. The Morgan fingerprint density at radius 2 is 1.47 bits per heavy atom. The van der Waals surface area contributed by atoms with Crippen LogP contribution in [0.2, 0.25) is 5.02 Å². The molecule has 34 heavy (non-hydrogen) atoms. The number of amides is 2. The topological polar surface area (TPSA) is 53.1 Å². The summed E-state index contributed by atoms with van der Waals surface area (Å²) in [6, 6.07) is 24.1. The van der Waals surface area contributed by atoms with Gasteiger partial charge in [0.2, 0.25) is 5.91 Å². The molecule has 0 saturated carbocycles. The molecule has 2 heterocycles. The molecule has 0 aromatic heterocycles. The lowest BCUT2D eigenvalue weighted by Gasteiger charge is -2.29. The summed E-state index contributed by atoms with van der Waals surface area (Å²) in [4.78, 5) is 36.7. The molecule has 2 amide bonds. The average Bonchev–Trinajstić information content (AvgIpc) is 3.38. The lowest BCUT2D eigenvalue weighted by Crippen LogP contribution is -2.37. The van der Waals surface area contributed by atoms with E-state index in [0.717, 1.165) is 30.0 Å². The zero-order valence-corrected chi connectivity index (χ0v) is 19.9. The quantitative estimate of drug-likeness (QED) is 0.456. The second-order valence-electron chi connectivity index (χ2n) is 8.41. The van der Waals surface area contributed by atoms with Crippen LogP contribution in [0.3, 0.4) is 0 Å². The number of anilines is 3. The molecule has 2 aliphatic rings. The highest BCUT2D eigenvalue weighted by Gasteiger charge is 2.60. The Balaban J connectivity index is 1.54. The highest BCUT2D eigenvalue weighted by atomic mass is 35.5. The average molecular weight is 476 g/mol. The summed E-state index contributed by atoms with van der Waals surface area (Å²) < 4.78 is 0. The summed E-state index contributed by atoms with van der Waals surface area (Å²) in [5.41, 5.74) is 3.34. The van der Waals surface area contributed by atoms with Crippen LogP contribution >= 0.6 is 11.6 Å².